The summed E-state index contributed by atoms with van der Waals surface area (Å²) >= 11 is 0. The summed E-state index contributed by atoms with van der Waals surface area (Å²) in [6.07, 6.45) is 2.43. The Morgan fingerprint density at radius 2 is 2.27 bits per heavy atom. The van der Waals surface area contributed by atoms with Gasteiger partial charge in [0.15, 0.2) is 5.69 Å². The van der Waals surface area contributed by atoms with Crippen molar-refractivity contribution < 1.29 is 9.90 Å². The number of carboxylic acids is 1. The van der Waals surface area contributed by atoms with E-state index in [4.69, 9.17) is 5.11 Å². The molecular weight excluding hydrogens is 192 g/mol. The van der Waals surface area contributed by atoms with Crippen LogP contribution in [0.1, 0.15) is 34.8 Å². The Morgan fingerprint density at radius 1 is 1.47 bits per heavy atom. The maximum absolute atomic E-state index is 10.9. The van der Waals surface area contributed by atoms with Crippen LogP contribution in [0.5, 0.6) is 0 Å². The second-order valence-electron chi connectivity index (χ2n) is 3.96. The standard InChI is InChI=1S/C11H10N2O2/c14-11(15)10-8-5-7(6-1-2-6)3-4-9(8)12-13-10/h3-6H,1-2H2,(H,12,13)(H,14,15). The Kier molecular flexibility index (Phi) is 1.59. The van der Waals surface area contributed by atoms with Crippen LogP contribution in [0.15, 0.2) is 18.2 Å². The van der Waals surface area contributed by atoms with Crippen LogP contribution in [0.2, 0.25) is 0 Å². The van der Waals surface area contributed by atoms with Gasteiger partial charge in [-0.15, -0.1) is 0 Å². The van der Waals surface area contributed by atoms with Crippen LogP contribution in [-0.4, -0.2) is 21.3 Å². The highest BCUT2D eigenvalue weighted by Crippen LogP contribution is 2.40. The summed E-state index contributed by atoms with van der Waals surface area (Å²) in [6.45, 7) is 0. The SMILES string of the molecule is O=C(O)c1n[nH]c2ccc(C3CC3)cc12. The monoisotopic (exact) mass is 202 g/mol. The Bertz CT molecular complexity index is 541. The third kappa shape index (κ3) is 1.29. The average Bonchev–Trinajstić information content (AvgIpc) is 2.97. The second-order valence-corrected chi connectivity index (χ2v) is 3.96. The first-order chi connectivity index (χ1) is 7.25. The number of nitrogens with one attached hydrogen (secondary N) is 1. The zero-order valence-corrected chi connectivity index (χ0v) is 8.03. The van der Waals surface area contributed by atoms with Crippen molar-refractivity contribution in [2.45, 2.75) is 18.8 Å². The predicted molar refractivity (Wildman–Crippen MR) is 55.0 cm³/mol. The zero-order chi connectivity index (χ0) is 10.4. The van der Waals surface area contributed by atoms with E-state index in [1.807, 2.05) is 18.2 Å². The first-order valence-electron chi connectivity index (χ1n) is 4.97. The van der Waals surface area contributed by atoms with Crippen molar-refractivity contribution in [1.29, 1.82) is 0 Å². The van der Waals surface area contributed by atoms with Crippen LogP contribution < -0.4 is 0 Å². The van der Waals surface area contributed by atoms with Crippen LogP contribution in [0.3, 0.4) is 0 Å². The minimum atomic E-state index is -0.978. The lowest BCUT2D eigenvalue weighted by Gasteiger charge is -1.97. The van der Waals surface area contributed by atoms with Crippen LogP contribution in [0.4, 0.5) is 0 Å². The Balaban J connectivity index is 2.21. The van der Waals surface area contributed by atoms with Gasteiger partial charge in [0.2, 0.25) is 0 Å². The van der Waals surface area contributed by atoms with Crippen molar-refractivity contribution in [3.8, 4) is 0 Å². The molecule has 2 aromatic rings. The van der Waals surface area contributed by atoms with E-state index in [9.17, 15) is 4.79 Å². The molecule has 0 atom stereocenters. The van der Waals surface area contributed by atoms with Crippen molar-refractivity contribution >= 4 is 16.9 Å². The molecule has 2 N–H and O–H groups in total. The summed E-state index contributed by atoms with van der Waals surface area (Å²) in [7, 11) is 0. The molecule has 76 valence electrons. The fraction of sp³-hybridized carbons (Fsp3) is 0.273. The molecule has 3 rings (SSSR count). The minimum Gasteiger partial charge on any atom is -0.476 e. The molecule has 1 aliphatic rings. The molecule has 1 aliphatic carbocycles. The van der Waals surface area contributed by atoms with Gasteiger partial charge in [0.25, 0.3) is 0 Å². The first kappa shape index (κ1) is 8.47. The second kappa shape index (κ2) is 2.82. The number of hydrogen-bond donors (Lipinski definition) is 2. The number of nitrogens with zero attached hydrogens (tertiary/aromatic N) is 1. The minimum absolute atomic E-state index is 0.118. The van der Waals surface area contributed by atoms with Gasteiger partial charge in [0.05, 0.1) is 5.52 Å². The highest BCUT2D eigenvalue weighted by Gasteiger charge is 2.24. The molecule has 0 aliphatic heterocycles. The van der Waals surface area contributed by atoms with E-state index in [2.05, 4.69) is 10.2 Å². The maximum Gasteiger partial charge on any atom is 0.357 e. The average molecular weight is 202 g/mol. The molecule has 0 unspecified atom stereocenters. The van der Waals surface area contributed by atoms with Gasteiger partial charge >= 0.3 is 5.97 Å². The van der Waals surface area contributed by atoms with E-state index in [1.165, 1.54) is 18.4 Å². The quantitative estimate of drug-likeness (QED) is 0.784. The maximum atomic E-state index is 10.9. The summed E-state index contributed by atoms with van der Waals surface area (Å²) in [5.41, 5.74) is 2.13. The molecule has 1 aromatic carbocycles. The van der Waals surface area contributed by atoms with Crippen LogP contribution >= 0.6 is 0 Å². The molecule has 0 bridgehead atoms. The lowest BCUT2D eigenvalue weighted by atomic mass is 10.1. The van der Waals surface area contributed by atoms with Crippen molar-refractivity contribution in [3.63, 3.8) is 0 Å². The van der Waals surface area contributed by atoms with Gasteiger partial charge in [-0.3, -0.25) is 5.10 Å². The Hall–Kier alpha value is -1.84. The molecule has 1 saturated carbocycles. The number of benzene rings is 1. The molecular formula is C11H10N2O2. The molecule has 0 spiro atoms. The number of aromatic nitrogens is 2. The number of fused-ring (bicyclic) bond motifs is 1. The van der Waals surface area contributed by atoms with E-state index >= 15 is 0 Å². The largest absolute Gasteiger partial charge is 0.476 e. The smallest absolute Gasteiger partial charge is 0.357 e. The van der Waals surface area contributed by atoms with E-state index in [-0.39, 0.29) is 5.69 Å². The molecule has 0 saturated heterocycles. The number of aromatic carboxylic acids is 1. The molecule has 1 aromatic heterocycles. The highest BCUT2D eigenvalue weighted by molar-refractivity contribution is 6.01. The summed E-state index contributed by atoms with van der Waals surface area (Å²) in [5, 5.41) is 16.2. The summed E-state index contributed by atoms with van der Waals surface area (Å²) < 4.78 is 0. The number of carbonyl (C=O) groups is 1. The van der Waals surface area contributed by atoms with Crippen LogP contribution in [-0.2, 0) is 0 Å². The van der Waals surface area contributed by atoms with Crippen LogP contribution in [0, 0.1) is 0 Å². The number of hydrogen-bond acceptors (Lipinski definition) is 2. The third-order valence-electron chi connectivity index (χ3n) is 2.84. The molecule has 4 nitrogen and oxygen atoms in total. The molecule has 1 fully saturated rings. The number of carboxylic acid groups (broad SMARTS) is 1. The van der Waals surface area contributed by atoms with Crippen molar-refractivity contribution in [2.24, 2.45) is 0 Å². The van der Waals surface area contributed by atoms with E-state index < -0.39 is 5.97 Å². The first-order valence-corrected chi connectivity index (χ1v) is 4.97. The van der Waals surface area contributed by atoms with Gasteiger partial charge in [-0.1, -0.05) is 6.07 Å². The highest BCUT2D eigenvalue weighted by atomic mass is 16.4. The van der Waals surface area contributed by atoms with E-state index in [1.54, 1.807) is 0 Å². The summed E-state index contributed by atoms with van der Waals surface area (Å²) in [6, 6.07) is 5.90. The Labute approximate surface area is 85.9 Å². The van der Waals surface area contributed by atoms with Gasteiger partial charge < -0.3 is 5.11 Å². The normalized spacial score (nSPS) is 15.7. The van der Waals surface area contributed by atoms with E-state index in [0.29, 0.717) is 11.3 Å². The number of rotatable bonds is 2. The van der Waals surface area contributed by atoms with Crippen molar-refractivity contribution in [3.05, 3.63) is 29.5 Å². The van der Waals surface area contributed by atoms with Crippen LogP contribution in [0.25, 0.3) is 10.9 Å². The number of H-pyrrole nitrogens is 1. The van der Waals surface area contributed by atoms with Gasteiger partial charge in [0, 0.05) is 5.39 Å². The molecule has 1 heterocycles. The molecule has 15 heavy (non-hydrogen) atoms. The fourth-order valence-corrected chi connectivity index (χ4v) is 1.87. The van der Waals surface area contributed by atoms with Gasteiger partial charge in [0.1, 0.15) is 0 Å². The van der Waals surface area contributed by atoms with Gasteiger partial charge in [-0.25, -0.2) is 4.79 Å². The predicted octanol–water partition coefficient (Wildman–Crippen LogP) is 2.14. The van der Waals surface area contributed by atoms with Gasteiger partial charge in [-0.05, 0) is 36.5 Å². The molecule has 4 heteroatoms. The third-order valence-corrected chi connectivity index (χ3v) is 2.84. The summed E-state index contributed by atoms with van der Waals surface area (Å²) in [5.74, 6) is -0.347. The molecule has 0 amide bonds. The Morgan fingerprint density at radius 3 is 2.93 bits per heavy atom. The lowest BCUT2D eigenvalue weighted by Crippen LogP contribution is -1.96. The topological polar surface area (TPSA) is 66.0 Å². The summed E-state index contributed by atoms with van der Waals surface area (Å²) in [4.78, 5) is 10.9. The molecule has 0 radical (unpaired) electrons. The number of aromatic amines is 1. The zero-order valence-electron chi connectivity index (χ0n) is 8.03. The van der Waals surface area contributed by atoms with Gasteiger partial charge in [-0.2, -0.15) is 5.10 Å². The van der Waals surface area contributed by atoms with Crippen molar-refractivity contribution in [2.75, 3.05) is 0 Å². The van der Waals surface area contributed by atoms with E-state index in [0.717, 1.165) is 5.52 Å². The lowest BCUT2D eigenvalue weighted by molar-refractivity contribution is 0.0692. The van der Waals surface area contributed by atoms with Crippen molar-refractivity contribution in [1.82, 2.24) is 10.2 Å². The fourth-order valence-electron chi connectivity index (χ4n) is 1.87.